The first-order valence-electron chi connectivity index (χ1n) is 5.16. The molecule has 1 N–H and O–H groups in total. The second kappa shape index (κ2) is 2.64. The van der Waals surface area contributed by atoms with Gasteiger partial charge in [-0.1, -0.05) is 18.2 Å². The maximum absolute atomic E-state index is 5.75. The molecule has 3 heteroatoms. The van der Waals surface area contributed by atoms with E-state index in [1.54, 1.807) is 6.20 Å². The second-order valence-electron chi connectivity index (χ2n) is 3.85. The second-order valence-corrected chi connectivity index (χ2v) is 3.85. The largest absolute Gasteiger partial charge is 0.440 e. The topological polar surface area (TPSA) is 41.8 Å². The quantitative estimate of drug-likeness (QED) is 0.480. The zero-order chi connectivity index (χ0) is 10.5. The molecule has 0 amide bonds. The van der Waals surface area contributed by atoms with Crippen molar-refractivity contribution in [1.29, 1.82) is 0 Å². The Hall–Kier alpha value is -2.29. The van der Waals surface area contributed by atoms with E-state index in [4.69, 9.17) is 4.42 Å². The van der Waals surface area contributed by atoms with Gasteiger partial charge in [0.1, 0.15) is 5.58 Å². The molecular weight excluding hydrogens is 200 g/mol. The van der Waals surface area contributed by atoms with E-state index >= 15 is 0 Å². The van der Waals surface area contributed by atoms with Gasteiger partial charge in [-0.25, -0.2) is 0 Å². The van der Waals surface area contributed by atoms with Gasteiger partial charge >= 0.3 is 0 Å². The summed E-state index contributed by atoms with van der Waals surface area (Å²) in [6, 6.07) is 10.1. The number of hydrogen-bond donors (Lipinski definition) is 1. The van der Waals surface area contributed by atoms with Crippen molar-refractivity contribution in [3.63, 3.8) is 0 Å². The van der Waals surface area contributed by atoms with Crippen LogP contribution in [0.15, 0.2) is 47.1 Å². The van der Waals surface area contributed by atoms with Crippen molar-refractivity contribution in [1.82, 2.24) is 9.97 Å². The summed E-state index contributed by atoms with van der Waals surface area (Å²) < 4.78 is 5.75. The predicted molar refractivity (Wildman–Crippen MR) is 63.4 cm³/mol. The summed E-state index contributed by atoms with van der Waals surface area (Å²) in [6.07, 6.45) is 3.62. The first kappa shape index (κ1) is 7.93. The summed E-state index contributed by atoms with van der Waals surface area (Å²) in [6.45, 7) is 0. The summed E-state index contributed by atoms with van der Waals surface area (Å²) in [5.41, 5.74) is 2.76. The van der Waals surface area contributed by atoms with Gasteiger partial charge in [0.2, 0.25) is 5.71 Å². The highest BCUT2D eigenvalue weighted by molar-refractivity contribution is 6.18. The molecule has 0 radical (unpaired) electrons. The Kier molecular flexibility index (Phi) is 1.31. The molecule has 3 heterocycles. The van der Waals surface area contributed by atoms with E-state index in [0.717, 1.165) is 33.0 Å². The Morgan fingerprint density at radius 1 is 1.06 bits per heavy atom. The van der Waals surface area contributed by atoms with Crippen LogP contribution in [0.4, 0.5) is 0 Å². The van der Waals surface area contributed by atoms with Crippen LogP contribution in [0.1, 0.15) is 0 Å². The molecule has 4 rings (SSSR count). The molecule has 4 aromatic rings. The summed E-state index contributed by atoms with van der Waals surface area (Å²) in [5, 5.41) is 3.46. The van der Waals surface area contributed by atoms with E-state index in [0.29, 0.717) is 0 Å². The molecule has 16 heavy (non-hydrogen) atoms. The van der Waals surface area contributed by atoms with Gasteiger partial charge in [0.05, 0.1) is 17.1 Å². The molecule has 76 valence electrons. The van der Waals surface area contributed by atoms with Gasteiger partial charge in [-0.3, -0.25) is 4.98 Å². The van der Waals surface area contributed by atoms with E-state index in [1.165, 1.54) is 0 Å². The monoisotopic (exact) mass is 208 g/mol. The maximum atomic E-state index is 5.75. The Morgan fingerprint density at radius 2 is 2.00 bits per heavy atom. The fraction of sp³-hybridized carbons (Fsp3) is 0. The third-order valence-electron chi connectivity index (χ3n) is 2.93. The number of pyridine rings is 1. The number of furan rings is 1. The lowest BCUT2D eigenvalue weighted by atomic mass is 10.1. The van der Waals surface area contributed by atoms with Gasteiger partial charge < -0.3 is 9.40 Å². The van der Waals surface area contributed by atoms with Crippen LogP contribution in [0, 0.1) is 0 Å². The van der Waals surface area contributed by atoms with Crippen molar-refractivity contribution in [2.24, 2.45) is 0 Å². The number of H-pyrrole nitrogens is 1. The molecular formula is C13H8N2O. The minimum atomic E-state index is 0.823. The summed E-state index contributed by atoms with van der Waals surface area (Å²) in [5.74, 6) is 0. The molecule has 0 aliphatic heterocycles. The lowest BCUT2D eigenvalue weighted by Crippen LogP contribution is -1.71. The number of hydrogen-bond acceptors (Lipinski definition) is 2. The number of fused-ring (bicyclic) bond motifs is 5. The van der Waals surface area contributed by atoms with Gasteiger partial charge in [-0.15, -0.1) is 0 Å². The molecule has 0 saturated carbocycles. The van der Waals surface area contributed by atoms with Crippen LogP contribution >= 0.6 is 0 Å². The van der Waals surface area contributed by atoms with Gasteiger partial charge in [-0.2, -0.15) is 0 Å². The maximum Gasteiger partial charge on any atom is 0.206 e. The fourth-order valence-electron chi connectivity index (χ4n) is 2.24. The molecule has 0 fully saturated rings. The number of nitrogens with one attached hydrogen (secondary N) is 1. The number of rotatable bonds is 0. The third-order valence-corrected chi connectivity index (χ3v) is 2.93. The fourth-order valence-corrected chi connectivity index (χ4v) is 2.24. The van der Waals surface area contributed by atoms with Crippen molar-refractivity contribution >= 4 is 33.0 Å². The minimum absolute atomic E-state index is 0.823. The highest BCUT2D eigenvalue weighted by Gasteiger charge is 2.11. The first-order chi connectivity index (χ1) is 7.93. The van der Waals surface area contributed by atoms with Crippen molar-refractivity contribution in [2.75, 3.05) is 0 Å². The molecule has 3 aromatic heterocycles. The minimum Gasteiger partial charge on any atom is -0.440 e. The van der Waals surface area contributed by atoms with E-state index in [-0.39, 0.29) is 0 Å². The molecule has 0 unspecified atom stereocenters. The molecule has 0 atom stereocenters. The van der Waals surface area contributed by atoms with Crippen molar-refractivity contribution in [2.45, 2.75) is 0 Å². The van der Waals surface area contributed by atoms with Crippen LogP contribution in [0.25, 0.3) is 33.0 Å². The number of aromatic amines is 1. The van der Waals surface area contributed by atoms with Crippen LogP contribution in [-0.4, -0.2) is 9.97 Å². The van der Waals surface area contributed by atoms with Crippen LogP contribution in [0.2, 0.25) is 0 Å². The standard InChI is InChI=1S/C13H8N2O/c1-2-4-11-9(3-1)12-8-5-6-14-7-10(8)15-13(12)16-11/h1-7,15H. The molecule has 0 bridgehead atoms. The zero-order valence-electron chi connectivity index (χ0n) is 8.40. The molecule has 1 aromatic carbocycles. The molecule has 0 aliphatic rings. The van der Waals surface area contributed by atoms with E-state index in [1.807, 2.05) is 30.5 Å². The average molecular weight is 208 g/mol. The number of benzene rings is 1. The van der Waals surface area contributed by atoms with E-state index in [9.17, 15) is 0 Å². The molecule has 0 spiro atoms. The highest BCUT2D eigenvalue weighted by Crippen LogP contribution is 2.33. The first-order valence-corrected chi connectivity index (χ1v) is 5.16. The van der Waals surface area contributed by atoms with Crippen LogP contribution in [0.3, 0.4) is 0 Å². The van der Waals surface area contributed by atoms with Crippen LogP contribution in [0.5, 0.6) is 0 Å². The Balaban J connectivity index is 2.38. The number of para-hydroxylation sites is 1. The summed E-state index contributed by atoms with van der Waals surface area (Å²) >= 11 is 0. The van der Waals surface area contributed by atoms with Crippen molar-refractivity contribution < 1.29 is 4.42 Å². The highest BCUT2D eigenvalue weighted by atomic mass is 16.3. The predicted octanol–water partition coefficient (Wildman–Crippen LogP) is 3.46. The molecule has 0 aliphatic carbocycles. The average Bonchev–Trinajstić information content (AvgIpc) is 2.83. The smallest absolute Gasteiger partial charge is 0.206 e. The van der Waals surface area contributed by atoms with E-state index in [2.05, 4.69) is 16.0 Å². The lowest BCUT2D eigenvalue weighted by molar-refractivity contribution is 0.657. The Bertz CT molecular complexity index is 745. The third kappa shape index (κ3) is 0.852. The Labute approximate surface area is 90.7 Å². The van der Waals surface area contributed by atoms with Gasteiger partial charge in [0.15, 0.2) is 0 Å². The number of nitrogens with zero attached hydrogens (tertiary/aromatic N) is 1. The van der Waals surface area contributed by atoms with Crippen molar-refractivity contribution in [3.8, 4) is 0 Å². The molecule has 3 nitrogen and oxygen atoms in total. The summed E-state index contributed by atoms with van der Waals surface area (Å²) in [4.78, 5) is 7.33. The SMILES string of the molecule is c1ccc2c(c1)oc1[nH]c3cnccc3c12. The number of aromatic nitrogens is 2. The van der Waals surface area contributed by atoms with Gasteiger partial charge in [0, 0.05) is 17.0 Å². The summed E-state index contributed by atoms with van der Waals surface area (Å²) in [7, 11) is 0. The Morgan fingerprint density at radius 3 is 3.00 bits per heavy atom. The van der Waals surface area contributed by atoms with Gasteiger partial charge in [-0.05, 0) is 12.1 Å². The molecule has 0 saturated heterocycles. The van der Waals surface area contributed by atoms with E-state index < -0.39 is 0 Å². The van der Waals surface area contributed by atoms with Crippen molar-refractivity contribution in [3.05, 3.63) is 42.7 Å². The normalized spacial score (nSPS) is 11.8. The lowest BCUT2D eigenvalue weighted by Gasteiger charge is -1.89. The van der Waals surface area contributed by atoms with Gasteiger partial charge in [0.25, 0.3) is 0 Å². The van der Waals surface area contributed by atoms with Crippen LogP contribution in [-0.2, 0) is 0 Å². The van der Waals surface area contributed by atoms with Crippen LogP contribution < -0.4 is 0 Å². The zero-order valence-corrected chi connectivity index (χ0v) is 8.40.